The Morgan fingerprint density at radius 1 is 1.25 bits per heavy atom. The van der Waals surface area contributed by atoms with E-state index in [2.05, 4.69) is 26.1 Å². The fraction of sp³-hybridized carbons (Fsp3) is 1.00. The van der Waals surface area contributed by atoms with Crippen molar-refractivity contribution in [3.05, 3.63) is 0 Å². The van der Waals surface area contributed by atoms with Gasteiger partial charge >= 0.3 is 0 Å². The average molecular weight is 228 g/mol. The van der Waals surface area contributed by atoms with Crippen LogP contribution in [0.15, 0.2) is 0 Å². The van der Waals surface area contributed by atoms with Crippen LogP contribution in [-0.4, -0.2) is 31.8 Å². The van der Waals surface area contributed by atoms with Gasteiger partial charge in [-0.2, -0.15) is 0 Å². The molecule has 0 amide bonds. The maximum atomic E-state index is 5.95. The highest BCUT2D eigenvalue weighted by Crippen LogP contribution is 2.39. The zero-order valence-electron chi connectivity index (χ0n) is 11.3. The van der Waals surface area contributed by atoms with Crippen LogP contribution < -0.4 is 11.1 Å². The molecule has 0 radical (unpaired) electrons. The summed E-state index contributed by atoms with van der Waals surface area (Å²) in [7, 11) is 1.76. The molecule has 3 N–H and O–H groups in total. The highest BCUT2D eigenvalue weighted by Gasteiger charge is 2.36. The Kier molecular flexibility index (Phi) is 4.77. The SMILES string of the molecule is COC(C)CNC1(CN)CCC(C)(C)CC1. The fourth-order valence-electron chi connectivity index (χ4n) is 2.30. The summed E-state index contributed by atoms with van der Waals surface area (Å²) >= 11 is 0. The molecule has 0 saturated heterocycles. The van der Waals surface area contributed by atoms with E-state index in [1.807, 2.05) is 0 Å². The molecule has 0 spiro atoms. The monoisotopic (exact) mass is 228 g/mol. The van der Waals surface area contributed by atoms with E-state index in [0.29, 0.717) is 5.41 Å². The van der Waals surface area contributed by atoms with Crippen LogP contribution in [0.5, 0.6) is 0 Å². The number of nitrogens with one attached hydrogen (secondary N) is 1. The molecule has 3 heteroatoms. The topological polar surface area (TPSA) is 47.3 Å². The van der Waals surface area contributed by atoms with Crippen LogP contribution in [0.4, 0.5) is 0 Å². The number of hydrogen-bond acceptors (Lipinski definition) is 3. The molecule has 96 valence electrons. The van der Waals surface area contributed by atoms with Gasteiger partial charge in [0.15, 0.2) is 0 Å². The zero-order valence-corrected chi connectivity index (χ0v) is 11.3. The van der Waals surface area contributed by atoms with Crippen molar-refractivity contribution in [2.75, 3.05) is 20.2 Å². The highest BCUT2D eigenvalue weighted by molar-refractivity contribution is 4.96. The number of methoxy groups -OCH3 is 1. The number of hydrogen-bond donors (Lipinski definition) is 2. The Bertz CT molecular complexity index is 206. The first-order valence-corrected chi connectivity index (χ1v) is 6.41. The first kappa shape index (κ1) is 13.9. The predicted molar refractivity (Wildman–Crippen MR) is 68.5 cm³/mol. The summed E-state index contributed by atoms with van der Waals surface area (Å²) in [5, 5.41) is 3.62. The largest absolute Gasteiger partial charge is 0.380 e. The quantitative estimate of drug-likeness (QED) is 0.755. The molecule has 3 nitrogen and oxygen atoms in total. The molecule has 0 aromatic carbocycles. The van der Waals surface area contributed by atoms with Crippen molar-refractivity contribution in [2.45, 2.75) is 58.1 Å². The Balaban J connectivity index is 2.46. The van der Waals surface area contributed by atoms with Gasteiger partial charge in [0.25, 0.3) is 0 Å². The second-order valence-corrected chi connectivity index (χ2v) is 6.08. The highest BCUT2D eigenvalue weighted by atomic mass is 16.5. The minimum absolute atomic E-state index is 0.155. The number of rotatable bonds is 5. The standard InChI is InChI=1S/C13H28N2O/c1-11(16-4)9-15-13(10-14)7-5-12(2,3)6-8-13/h11,15H,5-10,14H2,1-4H3. The summed E-state index contributed by atoms with van der Waals surface area (Å²) < 4.78 is 5.27. The average Bonchev–Trinajstić information content (AvgIpc) is 2.28. The smallest absolute Gasteiger partial charge is 0.0667 e. The molecule has 1 aliphatic rings. The molecule has 1 unspecified atom stereocenters. The lowest BCUT2D eigenvalue weighted by atomic mass is 9.69. The summed E-state index contributed by atoms with van der Waals surface area (Å²) in [5.74, 6) is 0. The van der Waals surface area contributed by atoms with Crippen molar-refractivity contribution in [3.63, 3.8) is 0 Å². The maximum Gasteiger partial charge on any atom is 0.0667 e. The van der Waals surface area contributed by atoms with Gasteiger partial charge in [0, 0.05) is 25.7 Å². The summed E-state index contributed by atoms with van der Waals surface area (Å²) in [6.45, 7) is 8.42. The van der Waals surface area contributed by atoms with Gasteiger partial charge in [-0.25, -0.2) is 0 Å². The Morgan fingerprint density at radius 2 is 1.81 bits per heavy atom. The first-order chi connectivity index (χ1) is 7.43. The van der Waals surface area contributed by atoms with Gasteiger partial charge in [-0.1, -0.05) is 13.8 Å². The second kappa shape index (κ2) is 5.48. The van der Waals surface area contributed by atoms with Crippen molar-refractivity contribution in [1.82, 2.24) is 5.32 Å². The summed E-state index contributed by atoms with van der Waals surface area (Å²) in [6, 6.07) is 0. The maximum absolute atomic E-state index is 5.95. The Hall–Kier alpha value is -0.120. The van der Waals surface area contributed by atoms with Crippen LogP contribution in [0.1, 0.15) is 46.5 Å². The van der Waals surface area contributed by atoms with E-state index >= 15 is 0 Å². The number of ether oxygens (including phenoxy) is 1. The fourth-order valence-corrected chi connectivity index (χ4v) is 2.30. The minimum Gasteiger partial charge on any atom is -0.380 e. The van der Waals surface area contributed by atoms with E-state index < -0.39 is 0 Å². The van der Waals surface area contributed by atoms with Crippen LogP contribution in [0.3, 0.4) is 0 Å². The molecule has 16 heavy (non-hydrogen) atoms. The summed E-state index contributed by atoms with van der Waals surface area (Å²) in [4.78, 5) is 0. The van der Waals surface area contributed by atoms with Crippen molar-refractivity contribution in [3.8, 4) is 0 Å². The molecular formula is C13H28N2O. The van der Waals surface area contributed by atoms with E-state index in [0.717, 1.165) is 13.1 Å². The lowest BCUT2D eigenvalue weighted by Crippen LogP contribution is -2.55. The minimum atomic E-state index is 0.155. The Labute approximate surface area is 100 Å². The first-order valence-electron chi connectivity index (χ1n) is 6.41. The molecule has 0 bridgehead atoms. The molecule has 0 aromatic heterocycles. The van der Waals surface area contributed by atoms with Crippen molar-refractivity contribution < 1.29 is 4.74 Å². The molecule has 1 fully saturated rings. The second-order valence-electron chi connectivity index (χ2n) is 6.08. The molecular weight excluding hydrogens is 200 g/mol. The Morgan fingerprint density at radius 3 is 2.25 bits per heavy atom. The molecule has 1 saturated carbocycles. The van der Waals surface area contributed by atoms with E-state index in [9.17, 15) is 0 Å². The molecule has 1 rings (SSSR count). The zero-order chi connectivity index (χ0) is 12.2. The van der Waals surface area contributed by atoms with Crippen molar-refractivity contribution in [2.24, 2.45) is 11.1 Å². The van der Waals surface area contributed by atoms with Crippen molar-refractivity contribution in [1.29, 1.82) is 0 Å². The van der Waals surface area contributed by atoms with Crippen LogP contribution in [0, 0.1) is 5.41 Å². The third-order valence-corrected chi connectivity index (χ3v) is 4.12. The van der Waals surface area contributed by atoms with Crippen LogP contribution in [0.25, 0.3) is 0 Å². The molecule has 1 aliphatic carbocycles. The molecule has 1 atom stereocenters. The van der Waals surface area contributed by atoms with Gasteiger partial charge in [-0.15, -0.1) is 0 Å². The van der Waals surface area contributed by atoms with Crippen molar-refractivity contribution >= 4 is 0 Å². The van der Waals surface area contributed by atoms with Gasteiger partial charge in [-0.3, -0.25) is 0 Å². The molecule has 0 aromatic rings. The van der Waals surface area contributed by atoms with Crippen LogP contribution >= 0.6 is 0 Å². The van der Waals surface area contributed by atoms with Gasteiger partial charge in [-0.05, 0) is 38.0 Å². The molecule has 0 heterocycles. The predicted octanol–water partition coefficient (Wildman–Crippen LogP) is 1.91. The van der Waals surface area contributed by atoms with E-state index in [4.69, 9.17) is 10.5 Å². The van der Waals surface area contributed by atoms with Gasteiger partial charge in [0.1, 0.15) is 0 Å². The van der Waals surface area contributed by atoms with Gasteiger partial charge in [0.05, 0.1) is 6.10 Å². The summed E-state index contributed by atoms with van der Waals surface area (Å²) in [5.41, 5.74) is 6.60. The third-order valence-electron chi connectivity index (χ3n) is 4.12. The van der Waals surface area contributed by atoms with Crippen LogP contribution in [-0.2, 0) is 4.74 Å². The van der Waals surface area contributed by atoms with Gasteiger partial charge < -0.3 is 15.8 Å². The lowest BCUT2D eigenvalue weighted by Gasteiger charge is -2.44. The van der Waals surface area contributed by atoms with E-state index in [-0.39, 0.29) is 11.6 Å². The normalized spacial score (nSPS) is 25.3. The number of nitrogens with two attached hydrogens (primary N) is 1. The van der Waals surface area contributed by atoms with E-state index in [1.165, 1.54) is 25.7 Å². The lowest BCUT2D eigenvalue weighted by molar-refractivity contribution is 0.0873. The summed E-state index contributed by atoms with van der Waals surface area (Å²) in [6.07, 6.45) is 5.16. The van der Waals surface area contributed by atoms with Crippen LogP contribution in [0.2, 0.25) is 0 Å². The van der Waals surface area contributed by atoms with E-state index in [1.54, 1.807) is 7.11 Å². The van der Waals surface area contributed by atoms with Gasteiger partial charge in [0.2, 0.25) is 0 Å². The third kappa shape index (κ3) is 3.72. The molecule has 0 aliphatic heterocycles.